The number of halogens is 1. The number of hydrogen-bond donors (Lipinski definition) is 1. The van der Waals surface area contributed by atoms with Crippen molar-refractivity contribution in [1.82, 2.24) is 10.2 Å². The Morgan fingerprint density at radius 1 is 1.17 bits per heavy atom. The van der Waals surface area contributed by atoms with E-state index < -0.39 is 6.03 Å². The minimum Gasteiger partial charge on any atom is -0.496 e. The summed E-state index contributed by atoms with van der Waals surface area (Å²) < 4.78 is 5.25. The second-order valence-corrected chi connectivity index (χ2v) is 5.69. The number of methoxy groups -OCH3 is 1. The number of rotatable bonds is 4. The van der Waals surface area contributed by atoms with E-state index in [4.69, 9.17) is 16.3 Å². The Balaban J connectivity index is 1.87. The molecule has 0 spiro atoms. The normalized spacial score (nSPS) is 15.8. The van der Waals surface area contributed by atoms with Gasteiger partial charge >= 0.3 is 6.03 Å². The first-order valence-electron chi connectivity index (χ1n) is 7.30. The number of urea groups is 1. The zero-order valence-electron chi connectivity index (χ0n) is 13.0. The molecule has 1 aliphatic rings. The van der Waals surface area contributed by atoms with Gasteiger partial charge in [-0.25, -0.2) is 4.79 Å². The van der Waals surface area contributed by atoms with Crippen LogP contribution in [0, 0.1) is 0 Å². The van der Waals surface area contributed by atoms with Crippen LogP contribution in [0.4, 0.5) is 4.79 Å². The molecule has 1 N–H and O–H groups in total. The van der Waals surface area contributed by atoms with Crippen LogP contribution in [0.3, 0.4) is 0 Å². The minimum absolute atomic E-state index is 0.191. The molecule has 24 heavy (non-hydrogen) atoms. The van der Waals surface area contributed by atoms with Crippen molar-refractivity contribution < 1.29 is 14.3 Å². The topological polar surface area (TPSA) is 58.6 Å². The monoisotopic (exact) mass is 342 g/mol. The standard InChI is InChI=1S/C18H15ClN2O3/c1-24-16-8-7-14(19)9-13(16)10-15-17(22)21(18(23)20-15)11-12-5-3-2-4-6-12/h2-10H,11H2,1H3,(H,20,23)/b15-10+. The SMILES string of the molecule is COc1ccc(Cl)cc1/C=C1/NC(=O)N(Cc2ccccc2)C1=O. The Kier molecular flexibility index (Phi) is 4.53. The lowest BCUT2D eigenvalue weighted by Crippen LogP contribution is -2.30. The summed E-state index contributed by atoms with van der Waals surface area (Å²) >= 11 is 5.99. The molecule has 3 amide bonds. The molecule has 1 fully saturated rings. The summed E-state index contributed by atoms with van der Waals surface area (Å²) in [5.74, 6) is 0.182. The van der Waals surface area contributed by atoms with Crippen LogP contribution in [0.2, 0.25) is 5.02 Å². The fourth-order valence-electron chi connectivity index (χ4n) is 2.45. The van der Waals surface area contributed by atoms with E-state index in [1.54, 1.807) is 24.3 Å². The van der Waals surface area contributed by atoms with Crippen molar-refractivity contribution in [3.63, 3.8) is 0 Å². The molecule has 6 heteroatoms. The Morgan fingerprint density at radius 2 is 1.92 bits per heavy atom. The van der Waals surface area contributed by atoms with E-state index in [1.807, 2.05) is 30.3 Å². The van der Waals surface area contributed by atoms with Crippen molar-refractivity contribution in [2.75, 3.05) is 7.11 Å². The molecule has 3 rings (SSSR count). The highest BCUT2D eigenvalue weighted by Crippen LogP contribution is 2.26. The lowest BCUT2D eigenvalue weighted by Gasteiger charge is -2.11. The summed E-state index contributed by atoms with van der Waals surface area (Å²) in [5, 5.41) is 3.11. The van der Waals surface area contributed by atoms with Gasteiger partial charge in [0.2, 0.25) is 0 Å². The number of hydrogen-bond acceptors (Lipinski definition) is 3. The average Bonchev–Trinajstić information content (AvgIpc) is 2.84. The van der Waals surface area contributed by atoms with E-state index in [0.29, 0.717) is 16.3 Å². The fraction of sp³-hybridized carbons (Fsp3) is 0.111. The second kappa shape index (κ2) is 6.76. The Bertz CT molecular complexity index is 818. The molecule has 122 valence electrons. The van der Waals surface area contributed by atoms with Crippen molar-refractivity contribution in [3.8, 4) is 5.75 Å². The maximum atomic E-state index is 12.5. The molecule has 5 nitrogen and oxygen atoms in total. The quantitative estimate of drug-likeness (QED) is 0.684. The van der Waals surface area contributed by atoms with Crippen LogP contribution < -0.4 is 10.1 Å². The minimum atomic E-state index is -0.448. The van der Waals surface area contributed by atoms with Crippen molar-refractivity contribution in [3.05, 3.63) is 70.4 Å². The number of nitrogens with zero attached hydrogens (tertiary/aromatic N) is 1. The predicted molar refractivity (Wildman–Crippen MR) is 91.5 cm³/mol. The van der Waals surface area contributed by atoms with Gasteiger partial charge in [0.1, 0.15) is 11.4 Å². The van der Waals surface area contributed by atoms with Gasteiger partial charge in [0, 0.05) is 10.6 Å². The summed E-state index contributed by atoms with van der Waals surface area (Å²) in [6.45, 7) is 0.218. The number of carbonyl (C=O) groups is 2. The van der Waals surface area contributed by atoms with Crippen LogP contribution in [-0.4, -0.2) is 23.9 Å². The van der Waals surface area contributed by atoms with Gasteiger partial charge in [-0.2, -0.15) is 0 Å². The maximum absolute atomic E-state index is 12.5. The lowest BCUT2D eigenvalue weighted by atomic mass is 10.1. The van der Waals surface area contributed by atoms with Gasteiger partial charge in [-0.1, -0.05) is 41.9 Å². The lowest BCUT2D eigenvalue weighted by molar-refractivity contribution is -0.123. The van der Waals surface area contributed by atoms with Gasteiger partial charge in [-0.3, -0.25) is 9.69 Å². The number of amides is 3. The first-order chi connectivity index (χ1) is 11.6. The Hall–Kier alpha value is -2.79. The molecule has 0 saturated carbocycles. The first kappa shape index (κ1) is 16.1. The van der Waals surface area contributed by atoms with Gasteiger partial charge in [0.15, 0.2) is 0 Å². The van der Waals surface area contributed by atoms with Crippen LogP contribution in [0.5, 0.6) is 5.75 Å². The summed E-state index contributed by atoms with van der Waals surface area (Å²) in [6, 6.07) is 14.0. The van der Waals surface area contributed by atoms with Crippen LogP contribution in [0.1, 0.15) is 11.1 Å². The molecule has 1 heterocycles. The molecule has 0 aliphatic carbocycles. The largest absolute Gasteiger partial charge is 0.496 e. The molecule has 2 aromatic carbocycles. The van der Waals surface area contributed by atoms with E-state index in [9.17, 15) is 9.59 Å². The van der Waals surface area contributed by atoms with Crippen molar-refractivity contribution in [2.45, 2.75) is 6.54 Å². The molecule has 1 saturated heterocycles. The Labute approximate surface area is 144 Å². The number of imide groups is 1. The van der Waals surface area contributed by atoms with Gasteiger partial charge in [0.05, 0.1) is 13.7 Å². The van der Waals surface area contributed by atoms with Gasteiger partial charge < -0.3 is 10.1 Å². The highest BCUT2D eigenvalue weighted by Gasteiger charge is 2.33. The molecular weight excluding hydrogens is 328 g/mol. The number of carbonyl (C=O) groups excluding carboxylic acids is 2. The number of ether oxygens (including phenoxy) is 1. The zero-order valence-corrected chi connectivity index (χ0v) is 13.7. The van der Waals surface area contributed by atoms with Crippen LogP contribution >= 0.6 is 11.6 Å². The molecule has 0 radical (unpaired) electrons. The van der Waals surface area contributed by atoms with Crippen LogP contribution in [-0.2, 0) is 11.3 Å². The third-order valence-electron chi connectivity index (χ3n) is 3.64. The first-order valence-corrected chi connectivity index (χ1v) is 7.68. The number of benzene rings is 2. The molecule has 0 atom stereocenters. The van der Waals surface area contributed by atoms with E-state index >= 15 is 0 Å². The van der Waals surface area contributed by atoms with E-state index in [1.165, 1.54) is 7.11 Å². The summed E-state index contributed by atoms with van der Waals surface area (Å²) in [4.78, 5) is 25.8. The smallest absolute Gasteiger partial charge is 0.329 e. The van der Waals surface area contributed by atoms with Gasteiger partial charge in [0.25, 0.3) is 5.91 Å². The van der Waals surface area contributed by atoms with Crippen molar-refractivity contribution >= 4 is 29.6 Å². The third-order valence-corrected chi connectivity index (χ3v) is 3.87. The summed E-state index contributed by atoms with van der Waals surface area (Å²) in [7, 11) is 1.53. The highest BCUT2D eigenvalue weighted by molar-refractivity contribution is 6.30. The average molecular weight is 343 g/mol. The zero-order chi connectivity index (χ0) is 17.1. The van der Waals surface area contributed by atoms with Gasteiger partial charge in [-0.15, -0.1) is 0 Å². The molecule has 0 aromatic heterocycles. The predicted octanol–water partition coefficient (Wildman–Crippen LogP) is 3.44. The van der Waals surface area contributed by atoms with Gasteiger partial charge in [-0.05, 0) is 29.8 Å². The van der Waals surface area contributed by atoms with Crippen molar-refractivity contribution in [1.29, 1.82) is 0 Å². The third kappa shape index (κ3) is 3.26. The molecule has 0 unspecified atom stereocenters. The Morgan fingerprint density at radius 3 is 2.62 bits per heavy atom. The molecule has 1 aliphatic heterocycles. The second-order valence-electron chi connectivity index (χ2n) is 5.25. The van der Waals surface area contributed by atoms with Crippen LogP contribution in [0.25, 0.3) is 6.08 Å². The van der Waals surface area contributed by atoms with E-state index in [0.717, 1.165) is 10.5 Å². The fourth-order valence-corrected chi connectivity index (χ4v) is 2.64. The van der Waals surface area contributed by atoms with Crippen LogP contribution in [0.15, 0.2) is 54.2 Å². The molecule has 2 aromatic rings. The molecule has 0 bridgehead atoms. The summed E-state index contributed by atoms with van der Waals surface area (Å²) in [5.41, 5.74) is 1.69. The van der Waals surface area contributed by atoms with E-state index in [-0.39, 0.29) is 18.1 Å². The van der Waals surface area contributed by atoms with Crippen molar-refractivity contribution in [2.24, 2.45) is 0 Å². The van der Waals surface area contributed by atoms with E-state index in [2.05, 4.69) is 5.32 Å². The highest BCUT2D eigenvalue weighted by atomic mass is 35.5. The maximum Gasteiger partial charge on any atom is 0.329 e. The number of nitrogens with one attached hydrogen (secondary N) is 1. The molecular formula is C18H15ClN2O3. The summed E-state index contributed by atoms with van der Waals surface area (Å²) in [6.07, 6.45) is 1.57.